The van der Waals surface area contributed by atoms with Crippen LogP contribution in [-0.4, -0.2) is 43.6 Å². The second kappa shape index (κ2) is 10.2. The first-order valence-electron chi connectivity index (χ1n) is 10.6. The number of rotatable bonds is 10. The number of hydrogen-bond donors (Lipinski definition) is 0. The van der Waals surface area contributed by atoms with Gasteiger partial charge in [-0.3, -0.25) is 9.59 Å². The van der Waals surface area contributed by atoms with Crippen LogP contribution in [0.25, 0.3) is 27.9 Å². The molecule has 1 aromatic heterocycles. The summed E-state index contributed by atoms with van der Waals surface area (Å²) in [5.41, 5.74) is 4.35. The van der Waals surface area contributed by atoms with E-state index >= 15 is 0 Å². The molecule has 4 aromatic rings. The van der Waals surface area contributed by atoms with Crippen LogP contribution in [-0.2, 0) is 16.0 Å². The molecule has 0 amide bonds. The molecule has 5 heteroatoms. The maximum Gasteiger partial charge on any atom is 0.185 e. The van der Waals surface area contributed by atoms with Gasteiger partial charge in [0, 0.05) is 46.6 Å². The molecule has 0 fully saturated rings. The van der Waals surface area contributed by atoms with Crippen LogP contribution in [0.15, 0.2) is 72.8 Å². The number of ether oxygens (including phenoxy) is 2. The Morgan fingerprint density at radius 3 is 2.41 bits per heavy atom. The molecule has 0 spiro atoms. The zero-order valence-corrected chi connectivity index (χ0v) is 18.0. The third-order valence-electron chi connectivity index (χ3n) is 5.45. The third kappa shape index (κ3) is 4.69. The summed E-state index contributed by atoms with van der Waals surface area (Å²) in [7, 11) is 1.67. The number of aldehydes is 1. The van der Waals surface area contributed by atoms with E-state index in [0.717, 1.165) is 34.8 Å². The molecule has 0 N–H and O–H groups in total. The minimum Gasteiger partial charge on any atom is -0.382 e. The lowest BCUT2D eigenvalue weighted by molar-refractivity contribution is 0.0673. The highest BCUT2D eigenvalue weighted by Crippen LogP contribution is 2.30. The third-order valence-corrected chi connectivity index (χ3v) is 5.45. The van der Waals surface area contributed by atoms with E-state index in [1.807, 2.05) is 24.3 Å². The topological polar surface area (TPSA) is 57.5 Å². The van der Waals surface area contributed by atoms with Gasteiger partial charge in [-0.05, 0) is 29.8 Å². The molecule has 0 radical (unpaired) electrons. The van der Waals surface area contributed by atoms with E-state index in [4.69, 9.17) is 9.47 Å². The lowest BCUT2D eigenvalue weighted by atomic mass is 10.1. The molecule has 0 unspecified atom stereocenters. The van der Waals surface area contributed by atoms with E-state index in [-0.39, 0.29) is 5.78 Å². The molecule has 162 valence electrons. The number of allylic oxidation sites excluding steroid dienone is 1. The van der Waals surface area contributed by atoms with Crippen molar-refractivity contribution in [3.05, 3.63) is 89.5 Å². The van der Waals surface area contributed by atoms with Gasteiger partial charge in [0.05, 0.1) is 19.8 Å². The zero-order valence-electron chi connectivity index (χ0n) is 18.0. The standard InChI is InChI=1S/C27H25NO4/c1-31-16-17-32-15-14-28-25-5-3-2-4-23(25)24-18-20(8-12-26(24)28)9-13-27(30)22-10-6-21(19-29)7-11-22/h2-13,18-19H,14-17H2,1H3. The number of methoxy groups -OCH3 is 1. The molecule has 0 atom stereocenters. The number of nitrogens with zero attached hydrogens (tertiary/aromatic N) is 1. The van der Waals surface area contributed by atoms with Crippen LogP contribution in [0.4, 0.5) is 0 Å². The highest BCUT2D eigenvalue weighted by molar-refractivity contribution is 6.10. The molecule has 0 aliphatic heterocycles. The monoisotopic (exact) mass is 427 g/mol. The molecule has 5 nitrogen and oxygen atoms in total. The summed E-state index contributed by atoms with van der Waals surface area (Å²) in [5, 5.41) is 2.31. The number of ketones is 1. The molecule has 0 bridgehead atoms. The fraction of sp³-hybridized carbons (Fsp3) is 0.185. The first-order valence-corrected chi connectivity index (χ1v) is 10.6. The number of carbonyl (C=O) groups is 2. The van der Waals surface area contributed by atoms with Crippen molar-refractivity contribution in [2.45, 2.75) is 6.54 Å². The van der Waals surface area contributed by atoms with Crippen LogP contribution in [0.1, 0.15) is 26.3 Å². The number of fused-ring (bicyclic) bond motifs is 3. The van der Waals surface area contributed by atoms with Gasteiger partial charge in [0.25, 0.3) is 0 Å². The van der Waals surface area contributed by atoms with E-state index in [1.165, 1.54) is 5.39 Å². The molecule has 32 heavy (non-hydrogen) atoms. The molecular weight excluding hydrogens is 402 g/mol. The Bertz CT molecular complexity index is 1270. The molecule has 0 aliphatic carbocycles. The van der Waals surface area contributed by atoms with Gasteiger partial charge in [0.15, 0.2) is 5.78 Å². The quantitative estimate of drug-likeness (QED) is 0.152. The van der Waals surface area contributed by atoms with Gasteiger partial charge in [-0.25, -0.2) is 0 Å². The average molecular weight is 428 g/mol. The van der Waals surface area contributed by atoms with Gasteiger partial charge >= 0.3 is 0 Å². The Labute approximate surface area is 186 Å². The SMILES string of the molecule is COCCOCCn1c2ccccc2c2cc(C=CC(=O)c3ccc(C=O)cc3)ccc21. The summed E-state index contributed by atoms with van der Waals surface area (Å²) in [4.78, 5) is 23.3. The van der Waals surface area contributed by atoms with Gasteiger partial charge in [0.1, 0.15) is 6.29 Å². The smallest absolute Gasteiger partial charge is 0.185 e. The molecule has 1 heterocycles. The second-order valence-electron chi connectivity index (χ2n) is 7.49. The predicted octanol–water partition coefficient (Wildman–Crippen LogP) is 5.17. The average Bonchev–Trinajstić information content (AvgIpc) is 3.15. The van der Waals surface area contributed by atoms with Crippen molar-refractivity contribution in [3.8, 4) is 0 Å². The molecule has 0 saturated carbocycles. The first kappa shape index (κ1) is 21.7. The number of benzene rings is 3. The van der Waals surface area contributed by atoms with Crippen molar-refractivity contribution in [1.29, 1.82) is 0 Å². The van der Waals surface area contributed by atoms with E-state index in [2.05, 4.69) is 28.8 Å². The number of carbonyl (C=O) groups excluding carboxylic acids is 2. The fourth-order valence-corrected chi connectivity index (χ4v) is 3.81. The lowest BCUT2D eigenvalue weighted by Crippen LogP contribution is -2.09. The number of aromatic nitrogens is 1. The Balaban J connectivity index is 1.59. The van der Waals surface area contributed by atoms with Crippen molar-refractivity contribution in [1.82, 2.24) is 4.57 Å². The van der Waals surface area contributed by atoms with Crippen molar-refractivity contribution in [3.63, 3.8) is 0 Å². The summed E-state index contributed by atoms with van der Waals surface area (Å²) in [6.07, 6.45) is 4.16. The van der Waals surface area contributed by atoms with Crippen LogP contribution in [0, 0.1) is 0 Å². The summed E-state index contributed by atoms with van der Waals surface area (Å²) < 4.78 is 13.0. The second-order valence-corrected chi connectivity index (χ2v) is 7.49. The van der Waals surface area contributed by atoms with E-state index in [1.54, 1.807) is 37.5 Å². The summed E-state index contributed by atoms with van der Waals surface area (Å²) >= 11 is 0. The van der Waals surface area contributed by atoms with Crippen LogP contribution in [0.2, 0.25) is 0 Å². The lowest BCUT2D eigenvalue weighted by Gasteiger charge is -2.08. The Morgan fingerprint density at radius 1 is 0.875 bits per heavy atom. The van der Waals surface area contributed by atoms with Gasteiger partial charge in [-0.15, -0.1) is 0 Å². The largest absolute Gasteiger partial charge is 0.382 e. The maximum absolute atomic E-state index is 12.5. The Morgan fingerprint density at radius 2 is 1.62 bits per heavy atom. The minimum atomic E-state index is -0.0989. The summed E-state index contributed by atoms with van der Waals surface area (Å²) in [5.74, 6) is -0.0989. The van der Waals surface area contributed by atoms with E-state index in [9.17, 15) is 9.59 Å². The predicted molar refractivity (Wildman–Crippen MR) is 127 cm³/mol. The van der Waals surface area contributed by atoms with Gasteiger partial charge in [0.2, 0.25) is 0 Å². The van der Waals surface area contributed by atoms with Crippen LogP contribution in [0.3, 0.4) is 0 Å². The number of hydrogen-bond acceptors (Lipinski definition) is 4. The minimum absolute atomic E-state index is 0.0989. The van der Waals surface area contributed by atoms with Gasteiger partial charge in [-0.2, -0.15) is 0 Å². The summed E-state index contributed by atoms with van der Waals surface area (Å²) in [6, 6.07) is 21.2. The van der Waals surface area contributed by atoms with Crippen molar-refractivity contribution >= 4 is 40.0 Å². The maximum atomic E-state index is 12.5. The summed E-state index contributed by atoms with van der Waals surface area (Å²) in [6.45, 7) is 2.52. The highest BCUT2D eigenvalue weighted by atomic mass is 16.5. The van der Waals surface area contributed by atoms with Crippen LogP contribution < -0.4 is 0 Å². The highest BCUT2D eigenvalue weighted by Gasteiger charge is 2.10. The normalized spacial score (nSPS) is 11.5. The Kier molecular flexibility index (Phi) is 6.90. The van der Waals surface area contributed by atoms with E-state index in [0.29, 0.717) is 30.9 Å². The van der Waals surface area contributed by atoms with Crippen LogP contribution >= 0.6 is 0 Å². The van der Waals surface area contributed by atoms with E-state index < -0.39 is 0 Å². The number of para-hydroxylation sites is 1. The molecule has 0 aliphatic rings. The molecule has 4 rings (SSSR count). The van der Waals surface area contributed by atoms with Crippen molar-refractivity contribution in [2.24, 2.45) is 0 Å². The van der Waals surface area contributed by atoms with Gasteiger partial charge < -0.3 is 14.0 Å². The molecule has 3 aromatic carbocycles. The van der Waals surface area contributed by atoms with Crippen molar-refractivity contribution < 1.29 is 19.1 Å². The molecular formula is C27H25NO4. The van der Waals surface area contributed by atoms with Crippen LogP contribution in [0.5, 0.6) is 0 Å². The van der Waals surface area contributed by atoms with Gasteiger partial charge in [-0.1, -0.05) is 54.6 Å². The first-order chi connectivity index (χ1) is 15.7. The zero-order chi connectivity index (χ0) is 22.3. The molecule has 0 saturated heterocycles. The fourth-order valence-electron chi connectivity index (χ4n) is 3.81. The van der Waals surface area contributed by atoms with Crippen molar-refractivity contribution in [2.75, 3.05) is 26.9 Å². The Hall–Kier alpha value is -3.54.